The lowest BCUT2D eigenvalue weighted by atomic mass is 10.0. The molecule has 168 valence electrons. The molecule has 33 heavy (non-hydrogen) atoms. The summed E-state index contributed by atoms with van der Waals surface area (Å²) in [5.41, 5.74) is 3.57. The molecule has 4 rings (SSSR count). The van der Waals surface area contributed by atoms with Gasteiger partial charge in [0.15, 0.2) is 5.13 Å². The van der Waals surface area contributed by atoms with Crippen molar-refractivity contribution in [2.45, 2.75) is 20.3 Å². The summed E-state index contributed by atoms with van der Waals surface area (Å²) in [4.78, 5) is 29.4. The number of nitrogens with one attached hydrogen (secondary N) is 2. The quantitative estimate of drug-likeness (QED) is 0.348. The minimum Gasteiger partial charge on any atom is -0.352 e. The first kappa shape index (κ1) is 22.6. The molecule has 0 saturated heterocycles. The van der Waals surface area contributed by atoms with Crippen molar-refractivity contribution in [2.75, 3.05) is 11.9 Å². The zero-order valence-electron chi connectivity index (χ0n) is 18.4. The second-order valence-electron chi connectivity index (χ2n) is 8.18. The molecule has 4 aromatic rings. The zero-order valence-corrected chi connectivity index (χ0v) is 19.2. The summed E-state index contributed by atoms with van der Waals surface area (Å²) in [6, 6.07) is 18.7. The molecule has 2 N–H and O–H groups in total. The Kier molecular flexibility index (Phi) is 6.79. The molecule has 0 unspecified atom stereocenters. The van der Waals surface area contributed by atoms with Gasteiger partial charge < -0.3 is 5.32 Å². The van der Waals surface area contributed by atoms with Gasteiger partial charge in [-0.25, -0.2) is 9.37 Å². The Balaban J connectivity index is 1.51. The van der Waals surface area contributed by atoms with E-state index in [1.165, 1.54) is 35.6 Å². The topological polar surface area (TPSA) is 71.1 Å². The Labute approximate surface area is 195 Å². The molecular weight excluding hydrogens is 437 g/mol. The van der Waals surface area contributed by atoms with Gasteiger partial charge >= 0.3 is 0 Å². The van der Waals surface area contributed by atoms with Crippen LogP contribution in [0.4, 0.5) is 9.52 Å². The van der Waals surface area contributed by atoms with Crippen LogP contribution < -0.4 is 10.6 Å². The number of aromatic nitrogens is 1. The maximum atomic E-state index is 13.1. The maximum Gasteiger partial charge on any atom is 0.257 e. The van der Waals surface area contributed by atoms with Gasteiger partial charge in [-0.15, -0.1) is 0 Å². The van der Waals surface area contributed by atoms with Gasteiger partial charge in [-0.05, 0) is 72.0 Å². The first-order chi connectivity index (χ1) is 15.9. The van der Waals surface area contributed by atoms with Crippen molar-refractivity contribution in [3.05, 3.63) is 83.7 Å². The van der Waals surface area contributed by atoms with E-state index in [2.05, 4.69) is 29.5 Å². The Morgan fingerprint density at radius 1 is 0.939 bits per heavy atom. The summed E-state index contributed by atoms with van der Waals surface area (Å²) >= 11 is 1.37. The highest BCUT2D eigenvalue weighted by Crippen LogP contribution is 2.30. The molecule has 0 radical (unpaired) electrons. The predicted octanol–water partition coefficient (Wildman–Crippen LogP) is 6.13. The number of benzene rings is 3. The van der Waals surface area contributed by atoms with Crippen LogP contribution in [0.1, 0.15) is 41.0 Å². The van der Waals surface area contributed by atoms with Gasteiger partial charge in [0.1, 0.15) is 5.82 Å². The number of hydrogen-bond acceptors (Lipinski definition) is 4. The van der Waals surface area contributed by atoms with Crippen LogP contribution in [-0.4, -0.2) is 23.3 Å². The minimum atomic E-state index is -0.392. The number of hydrogen-bond donors (Lipinski definition) is 2. The number of anilines is 1. The average molecular weight is 462 g/mol. The van der Waals surface area contributed by atoms with Crippen molar-refractivity contribution in [1.29, 1.82) is 0 Å². The van der Waals surface area contributed by atoms with E-state index in [1.807, 2.05) is 36.4 Å². The number of carbonyl (C=O) groups excluding carboxylic acids is 2. The Morgan fingerprint density at radius 3 is 2.45 bits per heavy atom. The van der Waals surface area contributed by atoms with Crippen LogP contribution in [0, 0.1) is 11.7 Å². The predicted molar refractivity (Wildman–Crippen MR) is 131 cm³/mol. The molecule has 0 fully saturated rings. The highest BCUT2D eigenvalue weighted by molar-refractivity contribution is 7.22. The lowest BCUT2D eigenvalue weighted by molar-refractivity contribution is 0.0951. The Hall–Kier alpha value is -3.58. The lowest BCUT2D eigenvalue weighted by Gasteiger charge is -2.08. The minimum absolute atomic E-state index is 0.0852. The molecule has 5 nitrogen and oxygen atoms in total. The average Bonchev–Trinajstić information content (AvgIpc) is 3.20. The highest BCUT2D eigenvalue weighted by atomic mass is 32.1. The zero-order chi connectivity index (χ0) is 23.4. The number of halogens is 1. The molecule has 3 aromatic carbocycles. The van der Waals surface area contributed by atoms with Crippen molar-refractivity contribution in [1.82, 2.24) is 10.3 Å². The summed E-state index contributed by atoms with van der Waals surface area (Å²) in [6.07, 6.45) is 0.936. The van der Waals surface area contributed by atoms with E-state index in [-0.39, 0.29) is 11.8 Å². The van der Waals surface area contributed by atoms with E-state index in [9.17, 15) is 14.0 Å². The number of amides is 2. The Morgan fingerprint density at radius 2 is 1.70 bits per heavy atom. The van der Waals surface area contributed by atoms with E-state index in [4.69, 9.17) is 0 Å². The normalized spacial score (nSPS) is 11.0. The molecule has 0 saturated carbocycles. The molecule has 2 amide bonds. The molecule has 0 aliphatic heterocycles. The molecule has 0 aliphatic carbocycles. The molecule has 0 aliphatic rings. The molecule has 0 bridgehead atoms. The first-order valence-electron chi connectivity index (χ1n) is 10.7. The van der Waals surface area contributed by atoms with Crippen LogP contribution in [0.15, 0.2) is 66.7 Å². The number of rotatable bonds is 7. The molecule has 1 heterocycles. The number of fused-ring (bicyclic) bond motifs is 1. The van der Waals surface area contributed by atoms with Crippen LogP contribution in [0.25, 0.3) is 21.3 Å². The van der Waals surface area contributed by atoms with Gasteiger partial charge in [0.05, 0.1) is 10.2 Å². The van der Waals surface area contributed by atoms with E-state index >= 15 is 0 Å². The lowest BCUT2D eigenvalue weighted by Crippen LogP contribution is -2.25. The van der Waals surface area contributed by atoms with E-state index in [0.29, 0.717) is 28.7 Å². The molecule has 7 heteroatoms. The van der Waals surface area contributed by atoms with Crippen molar-refractivity contribution >= 4 is 38.5 Å². The maximum absolute atomic E-state index is 13.1. The largest absolute Gasteiger partial charge is 0.352 e. The van der Waals surface area contributed by atoms with Gasteiger partial charge in [-0.3, -0.25) is 14.9 Å². The third kappa shape index (κ3) is 5.62. The summed E-state index contributed by atoms with van der Waals surface area (Å²) in [5.74, 6) is -0.286. The van der Waals surface area contributed by atoms with Crippen LogP contribution in [0.3, 0.4) is 0 Å². The van der Waals surface area contributed by atoms with Crippen molar-refractivity contribution in [2.24, 2.45) is 5.92 Å². The SMILES string of the molecule is CC(C)CCNC(=O)c1cccc(-c2ccc3sc(NC(=O)c4ccc(F)cc4)nc3c2)c1. The fraction of sp³-hybridized carbons (Fsp3) is 0.192. The van der Waals surface area contributed by atoms with Crippen molar-refractivity contribution in [3.8, 4) is 11.1 Å². The van der Waals surface area contributed by atoms with Crippen LogP contribution in [0.5, 0.6) is 0 Å². The van der Waals surface area contributed by atoms with Gasteiger partial charge in [-0.2, -0.15) is 0 Å². The summed E-state index contributed by atoms with van der Waals surface area (Å²) in [6.45, 7) is 4.90. The summed E-state index contributed by atoms with van der Waals surface area (Å²) in [7, 11) is 0. The fourth-order valence-electron chi connectivity index (χ4n) is 3.35. The van der Waals surface area contributed by atoms with Crippen LogP contribution in [-0.2, 0) is 0 Å². The smallest absolute Gasteiger partial charge is 0.257 e. The third-order valence-corrected chi connectivity index (χ3v) is 6.13. The Bertz CT molecular complexity index is 1300. The number of nitrogens with zero attached hydrogens (tertiary/aromatic N) is 1. The van der Waals surface area contributed by atoms with Gasteiger partial charge in [0.2, 0.25) is 0 Å². The monoisotopic (exact) mass is 461 g/mol. The van der Waals surface area contributed by atoms with Gasteiger partial charge in [-0.1, -0.05) is 43.4 Å². The second-order valence-corrected chi connectivity index (χ2v) is 9.21. The molecule has 0 atom stereocenters. The standard InChI is InChI=1S/C26H24FN3O2S/c1-16(2)12-13-28-24(31)20-5-3-4-18(14-20)19-8-11-23-22(15-19)29-26(33-23)30-25(32)17-6-9-21(27)10-7-17/h3-11,14-16H,12-13H2,1-2H3,(H,28,31)(H,29,30,32). The van der Waals surface area contributed by atoms with E-state index in [0.717, 1.165) is 27.8 Å². The van der Waals surface area contributed by atoms with Crippen LogP contribution >= 0.6 is 11.3 Å². The van der Waals surface area contributed by atoms with Crippen molar-refractivity contribution < 1.29 is 14.0 Å². The third-order valence-electron chi connectivity index (χ3n) is 5.18. The van der Waals surface area contributed by atoms with Gasteiger partial charge in [0.25, 0.3) is 11.8 Å². The van der Waals surface area contributed by atoms with Gasteiger partial charge in [0, 0.05) is 17.7 Å². The van der Waals surface area contributed by atoms with E-state index in [1.54, 1.807) is 6.07 Å². The first-order valence-corrected chi connectivity index (χ1v) is 11.6. The summed E-state index contributed by atoms with van der Waals surface area (Å²) < 4.78 is 14.0. The molecular formula is C26H24FN3O2S. The van der Waals surface area contributed by atoms with Crippen molar-refractivity contribution in [3.63, 3.8) is 0 Å². The molecule has 0 spiro atoms. The number of thiazole rings is 1. The van der Waals surface area contributed by atoms with E-state index < -0.39 is 5.82 Å². The highest BCUT2D eigenvalue weighted by Gasteiger charge is 2.12. The second kappa shape index (κ2) is 9.92. The van der Waals surface area contributed by atoms with Crippen LogP contribution in [0.2, 0.25) is 0 Å². The molecule has 1 aromatic heterocycles. The fourth-order valence-corrected chi connectivity index (χ4v) is 4.19. The summed E-state index contributed by atoms with van der Waals surface area (Å²) in [5, 5.41) is 6.20. The number of carbonyl (C=O) groups is 2.